The number of alkyl halides is 1. The fourth-order valence-electron chi connectivity index (χ4n) is 2.31. The minimum atomic E-state index is -1.75. The first-order chi connectivity index (χ1) is 10.2. The highest BCUT2D eigenvalue weighted by Gasteiger charge is 2.57. The maximum absolute atomic E-state index is 13.6. The van der Waals surface area contributed by atoms with Crippen LogP contribution in [0.3, 0.4) is 0 Å². The lowest BCUT2D eigenvalue weighted by Gasteiger charge is -2.25. The molecule has 1 saturated heterocycles. The molecule has 9 heteroatoms. The van der Waals surface area contributed by atoms with Crippen molar-refractivity contribution in [1.82, 2.24) is 9.55 Å². The molecule has 120 valence electrons. The van der Waals surface area contributed by atoms with E-state index in [0.29, 0.717) is 0 Å². The first-order valence-electron chi connectivity index (χ1n) is 6.41. The van der Waals surface area contributed by atoms with Crippen LogP contribution in [0.4, 0.5) is 10.2 Å². The van der Waals surface area contributed by atoms with Gasteiger partial charge in [-0.15, -0.1) is 5.92 Å². The largest absolute Gasteiger partial charge is 0.391 e. The van der Waals surface area contributed by atoms with E-state index in [1.54, 1.807) is 0 Å². The number of rotatable bonds is 2. The van der Waals surface area contributed by atoms with E-state index in [9.17, 15) is 19.4 Å². The Morgan fingerprint density at radius 2 is 2.32 bits per heavy atom. The Morgan fingerprint density at radius 3 is 2.86 bits per heavy atom. The average molecular weight is 332 g/mol. The lowest BCUT2D eigenvalue weighted by atomic mass is 9.96. The summed E-state index contributed by atoms with van der Waals surface area (Å²) in [4.78, 5) is 13.5. The van der Waals surface area contributed by atoms with Crippen molar-refractivity contribution >= 4 is 17.4 Å². The standard InChI is InChI=1S/C13H15ClFN3O4/c1-3-4-13(14)9(20)8(6(2)19)22-11(13)18-5-7(15)10(16)17-12(18)21/h5-6,8-9,11,19-20H,1-2H3,(H2,16,17,21)/t6-,8+,9-,11+,13?/m0/s1. The van der Waals surface area contributed by atoms with Gasteiger partial charge in [0.2, 0.25) is 0 Å². The Balaban J connectivity index is 2.59. The summed E-state index contributed by atoms with van der Waals surface area (Å²) in [5.41, 5.74) is 4.31. The summed E-state index contributed by atoms with van der Waals surface area (Å²) in [5.74, 6) is 3.58. The lowest BCUT2D eigenvalue weighted by molar-refractivity contribution is -0.0774. The van der Waals surface area contributed by atoms with Crippen LogP contribution in [0.25, 0.3) is 0 Å². The SMILES string of the molecule is CC#CC1(Cl)[C@@H](O)[C@@H]([C@H](C)O)O[C@H]1n1cc(F)c(N)nc1=O. The Bertz CT molecular complexity index is 699. The van der Waals surface area contributed by atoms with Gasteiger partial charge in [-0.1, -0.05) is 17.5 Å². The zero-order valence-corrected chi connectivity index (χ0v) is 12.6. The molecule has 1 aliphatic rings. The highest BCUT2D eigenvalue weighted by atomic mass is 35.5. The van der Waals surface area contributed by atoms with E-state index in [0.717, 1.165) is 10.8 Å². The molecule has 0 aromatic carbocycles. The van der Waals surface area contributed by atoms with Crippen molar-refractivity contribution in [2.45, 2.75) is 43.3 Å². The number of ether oxygens (including phenoxy) is 1. The van der Waals surface area contributed by atoms with Gasteiger partial charge in [-0.3, -0.25) is 4.57 Å². The Morgan fingerprint density at radius 1 is 1.68 bits per heavy atom. The van der Waals surface area contributed by atoms with E-state index in [1.165, 1.54) is 13.8 Å². The van der Waals surface area contributed by atoms with Crippen LogP contribution < -0.4 is 11.4 Å². The number of hydrogen-bond donors (Lipinski definition) is 3. The van der Waals surface area contributed by atoms with Gasteiger partial charge in [-0.2, -0.15) is 4.98 Å². The van der Waals surface area contributed by atoms with Crippen molar-refractivity contribution in [2.24, 2.45) is 0 Å². The molecule has 22 heavy (non-hydrogen) atoms. The molecule has 0 spiro atoms. The normalized spacial score (nSPS) is 32.4. The van der Waals surface area contributed by atoms with E-state index in [1.807, 2.05) is 0 Å². The monoisotopic (exact) mass is 331 g/mol. The fourth-order valence-corrected chi connectivity index (χ4v) is 2.68. The third kappa shape index (κ3) is 2.57. The summed E-state index contributed by atoms with van der Waals surface area (Å²) >= 11 is 6.32. The minimum Gasteiger partial charge on any atom is -0.391 e. The van der Waals surface area contributed by atoms with Gasteiger partial charge in [0, 0.05) is 0 Å². The molecule has 0 bridgehead atoms. The van der Waals surface area contributed by atoms with Crippen molar-refractivity contribution in [1.29, 1.82) is 0 Å². The van der Waals surface area contributed by atoms with Crippen molar-refractivity contribution in [3.8, 4) is 11.8 Å². The summed E-state index contributed by atoms with van der Waals surface area (Å²) < 4.78 is 19.8. The number of halogens is 2. The second-order valence-corrected chi connectivity index (χ2v) is 5.57. The van der Waals surface area contributed by atoms with Gasteiger partial charge in [0.05, 0.1) is 12.3 Å². The van der Waals surface area contributed by atoms with Gasteiger partial charge in [0.1, 0.15) is 12.2 Å². The highest BCUT2D eigenvalue weighted by Crippen LogP contribution is 2.43. The second-order valence-electron chi connectivity index (χ2n) is 4.95. The summed E-state index contributed by atoms with van der Waals surface area (Å²) in [5, 5.41) is 19.9. The highest BCUT2D eigenvalue weighted by molar-refractivity contribution is 6.27. The Hall–Kier alpha value is -1.66. The first kappa shape index (κ1) is 16.7. The zero-order chi connectivity index (χ0) is 16.7. The van der Waals surface area contributed by atoms with Crippen LogP contribution in [-0.2, 0) is 4.74 Å². The van der Waals surface area contributed by atoms with Crippen LogP contribution in [0.2, 0.25) is 0 Å². The first-order valence-corrected chi connectivity index (χ1v) is 6.78. The number of aliphatic hydroxyl groups is 2. The lowest BCUT2D eigenvalue weighted by Crippen LogP contribution is -2.44. The van der Waals surface area contributed by atoms with E-state index in [4.69, 9.17) is 22.1 Å². The molecular formula is C13H15ClFN3O4. The number of nitrogens with two attached hydrogens (primary N) is 1. The number of aromatic nitrogens is 2. The third-order valence-electron chi connectivity index (χ3n) is 3.37. The number of nitrogens with zero attached hydrogens (tertiary/aromatic N) is 2. The number of nitrogen functional groups attached to an aromatic ring is 1. The molecule has 7 nitrogen and oxygen atoms in total. The summed E-state index contributed by atoms with van der Waals surface area (Å²) in [7, 11) is 0. The van der Waals surface area contributed by atoms with Gasteiger partial charge < -0.3 is 20.7 Å². The predicted octanol–water partition coefficient (Wildman–Crippen LogP) is -0.395. The Labute approximate surface area is 130 Å². The number of aliphatic hydroxyl groups excluding tert-OH is 2. The molecule has 1 aromatic rings. The topological polar surface area (TPSA) is 111 Å². The van der Waals surface area contributed by atoms with Crippen LogP contribution in [-0.4, -0.2) is 43.0 Å². The van der Waals surface area contributed by atoms with Crippen LogP contribution in [0.1, 0.15) is 20.1 Å². The number of hydrogen-bond acceptors (Lipinski definition) is 6. The van der Waals surface area contributed by atoms with Gasteiger partial charge in [0.15, 0.2) is 22.7 Å². The van der Waals surface area contributed by atoms with Crippen molar-refractivity contribution in [2.75, 3.05) is 5.73 Å². The average Bonchev–Trinajstić information content (AvgIpc) is 2.68. The zero-order valence-electron chi connectivity index (χ0n) is 11.8. The van der Waals surface area contributed by atoms with Crippen molar-refractivity contribution in [3.05, 3.63) is 22.5 Å². The predicted molar refractivity (Wildman–Crippen MR) is 76.5 cm³/mol. The molecular weight excluding hydrogens is 317 g/mol. The molecule has 1 unspecified atom stereocenters. The van der Waals surface area contributed by atoms with E-state index < -0.39 is 46.7 Å². The molecule has 0 amide bonds. The van der Waals surface area contributed by atoms with Gasteiger partial charge >= 0.3 is 5.69 Å². The molecule has 5 atom stereocenters. The second kappa shape index (κ2) is 5.85. The summed E-state index contributed by atoms with van der Waals surface area (Å²) in [6.07, 6.45) is -4.15. The van der Waals surface area contributed by atoms with Crippen LogP contribution in [0.5, 0.6) is 0 Å². The smallest absolute Gasteiger partial charge is 0.351 e. The van der Waals surface area contributed by atoms with Gasteiger partial charge in [-0.05, 0) is 13.8 Å². The van der Waals surface area contributed by atoms with Crippen molar-refractivity contribution < 1.29 is 19.3 Å². The minimum absolute atomic E-state index is 0.561. The molecule has 0 radical (unpaired) electrons. The maximum atomic E-state index is 13.6. The molecule has 0 saturated carbocycles. The van der Waals surface area contributed by atoms with Crippen LogP contribution in [0.15, 0.2) is 11.0 Å². The summed E-state index contributed by atoms with van der Waals surface area (Å²) in [6.45, 7) is 2.87. The third-order valence-corrected chi connectivity index (χ3v) is 3.87. The van der Waals surface area contributed by atoms with Gasteiger partial charge in [-0.25, -0.2) is 9.18 Å². The maximum Gasteiger partial charge on any atom is 0.351 e. The molecule has 2 heterocycles. The quantitative estimate of drug-likeness (QED) is 0.502. The molecule has 4 N–H and O–H groups in total. The fraction of sp³-hybridized carbons (Fsp3) is 0.538. The van der Waals surface area contributed by atoms with E-state index in [2.05, 4.69) is 16.8 Å². The van der Waals surface area contributed by atoms with E-state index in [-0.39, 0.29) is 0 Å². The molecule has 1 aliphatic heterocycles. The Kier molecular flexibility index (Phi) is 4.44. The van der Waals surface area contributed by atoms with Gasteiger partial charge in [0.25, 0.3) is 0 Å². The number of anilines is 1. The molecule has 2 rings (SSSR count). The summed E-state index contributed by atoms with van der Waals surface area (Å²) in [6, 6.07) is 0. The molecule has 0 aliphatic carbocycles. The van der Waals surface area contributed by atoms with Crippen LogP contribution in [0, 0.1) is 17.7 Å². The molecule has 1 aromatic heterocycles. The van der Waals surface area contributed by atoms with Crippen molar-refractivity contribution in [3.63, 3.8) is 0 Å². The molecule has 1 fully saturated rings. The van der Waals surface area contributed by atoms with E-state index >= 15 is 0 Å². The van der Waals surface area contributed by atoms with Crippen LogP contribution >= 0.6 is 11.6 Å².